The molecular formula is C32H55N4O7+. The van der Waals surface area contributed by atoms with Gasteiger partial charge < -0.3 is 40.8 Å². The number of quaternary nitrogens is 1. The molecule has 244 valence electrons. The van der Waals surface area contributed by atoms with Crippen molar-refractivity contribution in [2.75, 3.05) is 19.7 Å². The standard InChI is InChI=1S/C32H54N4O7/c1-4-17(2)31(40)42-24-14-21-28(39)27-23(38)13-20(16-37)41-30(27)22(11-19-8-10-35-26(34)12-19)29(21)43-32(24,3)9-7-18-5-6-25(33)36-15-18/h4,18-22,24-30,35-37,39H,5-16,33-34H2,1-3H3/p+1/t18?,19?,20?,21?,22?,24-,25?,26?,27?,28?,29?,30?,32-/m0/s1. The molecule has 5 fully saturated rings. The number of nitrogens with two attached hydrogens (primary N) is 3. The first-order valence-corrected chi connectivity index (χ1v) is 16.6. The molecule has 11 heteroatoms. The lowest BCUT2D eigenvalue weighted by atomic mass is 9.60. The van der Waals surface area contributed by atoms with Gasteiger partial charge in [0, 0.05) is 36.2 Å². The van der Waals surface area contributed by atoms with Crippen molar-refractivity contribution in [3.05, 3.63) is 11.6 Å². The van der Waals surface area contributed by atoms with E-state index in [1.54, 1.807) is 13.0 Å². The first-order valence-electron chi connectivity index (χ1n) is 16.6. The second kappa shape index (κ2) is 13.9. The van der Waals surface area contributed by atoms with Crippen LogP contribution in [0.25, 0.3) is 0 Å². The average Bonchev–Trinajstić information content (AvgIpc) is 2.99. The molecule has 0 spiro atoms. The van der Waals surface area contributed by atoms with Crippen molar-refractivity contribution in [3.8, 4) is 0 Å². The predicted molar refractivity (Wildman–Crippen MR) is 159 cm³/mol. The fraction of sp³-hybridized carbons (Fsp3) is 0.875. The van der Waals surface area contributed by atoms with Gasteiger partial charge in [-0.1, -0.05) is 6.08 Å². The quantitative estimate of drug-likeness (QED) is 0.163. The molecule has 0 aromatic carbocycles. The zero-order chi connectivity index (χ0) is 30.9. The molecule has 43 heavy (non-hydrogen) atoms. The zero-order valence-corrected chi connectivity index (χ0v) is 26.2. The van der Waals surface area contributed by atoms with Gasteiger partial charge in [-0.05, 0) is 78.2 Å². The van der Waals surface area contributed by atoms with Crippen molar-refractivity contribution >= 4 is 11.8 Å². The van der Waals surface area contributed by atoms with Gasteiger partial charge in [-0.3, -0.25) is 10.5 Å². The first kappa shape index (κ1) is 32.9. The van der Waals surface area contributed by atoms with Gasteiger partial charge in [-0.15, -0.1) is 0 Å². The van der Waals surface area contributed by atoms with Crippen molar-refractivity contribution < 1.29 is 39.3 Å². The van der Waals surface area contributed by atoms with Gasteiger partial charge in [0.2, 0.25) is 0 Å². The number of Topliss-reactive ketones (excluding diaryl/α,β-unsaturated/α-hetero) is 1. The lowest BCUT2D eigenvalue weighted by molar-refractivity contribution is -0.703. The Balaban J connectivity index is 1.45. The van der Waals surface area contributed by atoms with Gasteiger partial charge in [0.25, 0.3) is 0 Å². The number of nitrogens with one attached hydrogen (secondary N) is 1. The molecular weight excluding hydrogens is 552 g/mol. The summed E-state index contributed by atoms with van der Waals surface area (Å²) in [5.41, 5.74) is 12.1. The second-order valence-corrected chi connectivity index (χ2v) is 14.2. The Kier molecular flexibility index (Phi) is 10.7. The van der Waals surface area contributed by atoms with Crippen molar-refractivity contribution in [1.82, 2.24) is 5.32 Å². The first-order chi connectivity index (χ1) is 20.5. The smallest absolute Gasteiger partial charge is 0.333 e. The monoisotopic (exact) mass is 607 g/mol. The van der Waals surface area contributed by atoms with E-state index < -0.39 is 41.9 Å². The maximum Gasteiger partial charge on any atom is 0.333 e. The maximum atomic E-state index is 13.5. The van der Waals surface area contributed by atoms with E-state index in [1.165, 1.54) is 0 Å². The SMILES string of the molecule is CC=C(C)C(=O)O[C@H]1CC2C(O)C3C(=O)CC(CO)OC3C(CC3CCNC(N)C3)C2O[C@@]1(C)CCC1CCC(N)[NH2+]C1. The molecule has 4 aliphatic heterocycles. The molecule has 11 unspecified atom stereocenters. The zero-order valence-electron chi connectivity index (χ0n) is 26.2. The number of ketones is 1. The Morgan fingerprint density at radius 2 is 2.00 bits per heavy atom. The fourth-order valence-electron chi connectivity index (χ4n) is 8.47. The van der Waals surface area contributed by atoms with Gasteiger partial charge >= 0.3 is 5.97 Å². The third-order valence-corrected chi connectivity index (χ3v) is 11.2. The Hall–Kier alpha value is -1.44. The van der Waals surface area contributed by atoms with Crippen LogP contribution in [0.15, 0.2) is 11.6 Å². The molecule has 1 aliphatic carbocycles. The molecule has 4 saturated heterocycles. The number of rotatable bonds is 8. The minimum Gasteiger partial charge on any atom is -0.456 e. The van der Waals surface area contributed by atoms with Crippen LogP contribution in [0.5, 0.6) is 0 Å². The average molecular weight is 608 g/mol. The highest BCUT2D eigenvalue weighted by molar-refractivity contribution is 5.87. The molecule has 0 aromatic heterocycles. The molecule has 5 aliphatic rings. The van der Waals surface area contributed by atoms with E-state index in [2.05, 4.69) is 10.6 Å². The van der Waals surface area contributed by atoms with Crippen molar-refractivity contribution in [2.24, 2.45) is 41.1 Å². The maximum absolute atomic E-state index is 13.5. The molecule has 4 heterocycles. The summed E-state index contributed by atoms with van der Waals surface area (Å²) in [5, 5.41) is 27.3. The summed E-state index contributed by atoms with van der Waals surface area (Å²) in [4.78, 5) is 26.5. The predicted octanol–water partition coefficient (Wildman–Crippen LogP) is 0.0669. The van der Waals surface area contributed by atoms with Crippen LogP contribution in [-0.2, 0) is 23.8 Å². The van der Waals surface area contributed by atoms with Gasteiger partial charge in [0.1, 0.15) is 23.7 Å². The summed E-state index contributed by atoms with van der Waals surface area (Å²) < 4.78 is 19.7. The van der Waals surface area contributed by atoms with Crippen molar-refractivity contribution in [1.29, 1.82) is 0 Å². The lowest BCUT2D eigenvalue weighted by Gasteiger charge is -2.58. The summed E-state index contributed by atoms with van der Waals surface area (Å²) >= 11 is 0. The fourth-order valence-corrected chi connectivity index (χ4v) is 8.47. The van der Waals surface area contributed by atoms with Gasteiger partial charge in [0.15, 0.2) is 0 Å². The van der Waals surface area contributed by atoms with Crippen LogP contribution in [0.1, 0.15) is 78.6 Å². The van der Waals surface area contributed by atoms with E-state index in [-0.39, 0.29) is 49.1 Å². The minimum atomic E-state index is -0.989. The van der Waals surface area contributed by atoms with E-state index in [0.29, 0.717) is 30.3 Å². The number of aliphatic hydroxyl groups is 2. The highest BCUT2D eigenvalue weighted by atomic mass is 16.6. The Morgan fingerprint density at radius 3 is 2.67 bits per heavy atom. The molecule has 0 bridgehead atoms. The van der Waals surface area contributed by atoms with Crippen LogP contribution in [0, 0.1) is 29.6 Å². The second-order valence-electron chi connectivity index (χ2n) is 14.2. The largest absolute Gasteiger partial charge is 0.456 e. The third kappa shape index (κ3) is 7.19. The third-order valence-electron chi connectivity index (χ3n) is 11.2. The van der Waals surface area contributed by atoms with E-state index in [4.69, 9.17) is 25.7 Å². The number of carbonyl (C=O) groups is 2. The Labute approximate surface area is 255 Å². The molecule has 0 amide bonds. The van der Waals surface area contributed by atoms with Crippen LogP contribution in [0.2, 0.25) is 0 Å². The number of piperidine rings is 2. The van der Waals surface area contributed by atoms with Crippen LogP contribution in [0.4, 0.5) is 0 Å². The summed E-state index contributed by atoms with van der Waals surface area (Å²) in [7, 11) is 0. The highest BCUT2D eigenvalue weighted by Crippen LogP contribution is 2.52. The number of hydrogen-bond donors (Lipinski definition) is 6. The van der Waals surface area contributed by atoms with E-state index in [1.807, 2.05) is 13.8 Å². The van der Waals surface area contributed by atoms with Gasteiger partial charge in [-0.25, -0.2) is 4.79 Å². The number of hydrogen-bond acceptors (Lipinski definition) is 10. The summed E-state index contributed by atoms with van der Waals surface area (Å²) in [5.74, 6) is -0.914. The summed E-state index contributed by atoms with van der Waals surface area (Å²) in [6.07, 6.45) is 5.37. The summed E-state index contributed by atoms with van der Waals surface area (Å²) in [6.45, 7) is 7.14. The van der Waals surface area contributed by atoms with Crippen LogP contribution < -0.4 is 22.1 Å². The van der Waals surface area contributed by atoms with Gasteiger partial charge in [-0.2, -0.15) is 0 Å². The van der Waals surface area contributed by atoms with Crippen LogP contribution in [0.3, 0.4) is 0 Å². The lowest BCUT2D eigenvalue weighted by Crippen LogP contribution is -2.95. The summed E-state index contributed by atoms with van der Waals surface area (Å²) in [6, 6.07) is 0. The molecule has 9 N–H and O–H groups in total. The number of carbonyl (C=O) groups excluding carboxylic acids is 2. The molecule has 11 nitrogen and oxygen atoms in total. The number of ether oxygens (including phenoxy) is 3. The highest BCUT2D eigenvalue weighted by Gasteiger charge is 2.61. The molecule has 1 saturated carbocycles. The van der Waals surface area contributed by atoms with Crippen molar-refractivity contribution in [3.63, 3.8) is 0 Å². The van der Waals surface area contributed by atoms with Crippen molar-refractivity contribution in [2.45, 2.75) is 127 Å². The number of aliphatic hydroxyl groups excluding tert-OH is 2. The number of allylic oxidation sites excluding steroid dienone is 1. The van der Waals surface area contributed by atoms with Crippen LogP contribution in [-0.4, -0.2) is 90.1 Å². The molecule has 5 rings (SSSR count). The number of fused-ring (bicyclic) bond motifs is 2. The van der Waals surface area contributed by atoms with E-state index in [0.717, 1.165) is 51.6 Å². The topological polar surface area (TPSA) is 183 Å². The number of esters is 1. The minimum absolute atomic E-state index is 0.0772. The van der Waals surface area contributed by atoms with Gasteiger partial charge in [0.05, 0.1) is 49.7 Å². The molecule has 0 aromatic rings. The Morgan fingerprint density at radius 1 is 1.21 bits per heavy atom. The molecule has 0 radical (unpaired) electrons. The van der Waals surface area contributed by atoms with E-state index >= 15 is 0 Å². The normalized spacial score (nSPS) is 45.7. The van der Waals surface area contributed by atoms with E-state index in [9.17, 15) is 19.8 Å². The molecule has 13 atom stereocenters. The Bertz CT molecular complexity index is 1020. The van der Waals surface area contributed by atoms with Crippen LogP contribution >= 0.6 is 0 Å².